The summed E-state index contributed by atoms with van der Waals surface area (Å²) in [7, 11) is 0. The Hall–Kier alpha value is -2.75. The highest BCUT2D eigenvalue weighted by molar-refractivity contribution is 6.12. The maximum Gasteiger partial charge on any atom is 0.256 e. The predicted molar refractivity (Wildman–Crippen MR) is 73.9 cm³/mol. The van der Waals surface area contributed by atoms with Crippen molar-refractivity contribution in [2.24, 2.45) is 0 Å². The van der Waals surface area contributed by atoms with Crippen LogP contribution in [0.4, 0.5) is 5.69 Å². The van der Waals surface area contributed by atoms with Gasteiger partial charge in [0.15, 0.2) is 0 Å². The molecule has 4 heteroatoms. The van der Waals surface area contributed by atoms with Crippen LogP contribution in [-0.4, -0.2) is 15.9 Å². The van der Waals surface area contributed by atoms with Gasteiger partial charge in [0.2, 0.25) is 0 Å². The zero-order valence-corrected chi connectivity index (χ0v) is 10.1. The molecule has 3 aromatic rings. The Balaban J connectivity index is 1.98. The molecule has 92 valence electrons. The number of benzene rings is 2. The summed E-state index contributed by atoms with van der Waals surface area (Å²) in [5.41, 5.74) is 1.22. The van der Waals surface area contributed by atoms with Gasteiger partial charge in [0.25, 0.3) is 5.91 Å². The summed E-state index contributed by atoms with van der Waals surface area (Å²) in [5, 5.41) is 4.76. The van der Waals surface area contributed by atoms with Crippen molar-refractivity contribution >= 4 is 22.4 Å². The average Bonchev–Trinajstić information content (AvgIpc) is 2.47. The van der Waals surface area contributed by atoms with Crippen LogP contribution in [0.5, 0.6) is 0 Å². The first-order valence-corrected chi connectivity index (χ1v) is 5.89. The Morgan fingerprint density at radius 1 is 0.947 bits per heavy atom. The lowest BCUT2D eigenvalue weighted by molar-refractivity contribution is 0.102. The first kappa shape index (κ1) is 11.3. The number of hydrogen-bond acceptors (Lipinski definition) is 3. The van der Waals surface area contributed by atoms with E-state index in [1.54, 1.807) is 12.4 Å². The minimum atomic E-state index is -0.161. The number of hydrogen-bond donors (Lipinski definition) is 1. The highest BCUT2D eigenvalue weighted by Gasteiger charge is 2.09. The third kappa shape index (κ3) is 2.28. The van der Waals surface area contributed by atoms with E-state index in [0.29, 0.717) is 11.3 Å². The predicted octanol–water partition coefficient (Wildman–Crippen LogP) is 2.88. The van der Waals surface area contributed by atoms with Gasteiger partial charge < -0.3 is 5.32 Å². The maximum atomic E-state index is 12.3. The minimum Gasteiger partial charge on any atom is -0.319 e. The molecule has 4 nitrogen and oxygen atoms in total. The van der Waals surface area contributed by atoms with Crippen LogP contribution in [0.25, 0.3) is 10.8 Å². The van der Waals surface area contributed by atoms with E-state index in [2.05, 4.69) is 15.3 Å². The fourth-order valence-electron chi connectivity index (χ4n) is 1.99. The molecule has 3 rings (SSSR count). The highest BCUT2D eigenvalue weighted by Crippen LogP contribution is 2.19. The minimum absolute atomic E-state index is 0.161. The monoisotopic (exact) mass is 249 g/mol. The number of aromatic nitrogens is 2. The van der Waals surface area contributed by atoms with E-state index in [4.69, 9.17) is 0 Å². The zero-order chi connectivity index (χ0) is 13.1. The molecule has 0 saturated heterocycles. The normalized spacial score (nSPS) is 10.3. The Bertz CT molecular complexity index is 720. The Labute approximate surface area is 110 Å². The number of nitrogens with zero attached hydrogens (tertiary/aromatic N) is 2. The van der Waals surface area contributed by atoms with Gasteiger partial charge in [-0.25, -0.2) is 9.97 Å². The first-order chi connectivity index (χ1) is 9.34. The van der Waals surface area contributed by atoms with E-state index >= 15 is 0 Å². The van der Waals surface area contributed by atoms with Gasteiger partial charge in [-0.2, -0.15) is 0 Å². The van der Waals surface area contributed by atoms with Gasteiger partial charge >= 0.3 is 0 Å². The summed E-state index contributed by atoms with van der Waals surface area (Å²) >= 11 is 0. The molecule has 0 saturated carbocycles. The fourth-order valence-corrected chi connectivity index (χ4v) is 1.99. The fraction of sp³-hybridized carbons (Fsp3) is 0. The number of nitrogens with one attached hydrogen (secondary N) is 1. The van der Waals surface area contributed by atoms with Gasteiger partial charge in [-0.15, -0.1) is 0 Å². The molecule has 0 spiro atoms. The van der Waals surface area contributed by atoms with Gasteiger partial charge in [0.1, 0.15) is 6.33 Å². The molecule has 0 aliphatic heterocycles. The van der Waals surface area contributed by atoms with Crippen LogP contribution < -0.4 is 5.32 Å². The Kier molecular flexibility index (Phi) is 2.90. The number of fused-ring (bicyclic) bond motifs is 1. The van der Waals surface area contributed by atoms with Gasteiger partial charge in [0.05, 0.1) is 18.1 Å². The van der Waals surface area contributed by atoms with E-state index in [9.17, 15) is 4.79 Å². The van der Waals surface area contributed by atoms with Crippen LogP contribution in [-0.2, 0) is 0 Å². The van der Waals surface area contributed by atoms with Gasteiger partial charge in [-0.1, -0.05) is 36.4 Å². The van der Waals surface area contributed by atoms with Crippen molar-refractivity contribution in [2.45, 2.75) is 0 Å². The van der Waals surface area contributed by atoms with Crippen LogP contribution in [0, 0.1) is 0 Å². The Morgan fingerprint density at radius 2 is 1.68 bits per heavy atom. The lowest BCUT2D eigenvalue weighted by Crippen LogP contribution is -2.12. The summed E-state index contributed by atoms with van der Waals surface area (Å²) in [4.78, 5) is 20.0. The van der Waals surface area contributed by atoms with Crippen LogP contribution in [0.3, 0.4) is 0 Å². The maximum absolute atomic E-state index is 12.3. The molecular weight excluding hydrogens is 238 g/mol. The number of carbonyl (C=O) groups is 1. The topological polar surface area (TPSA) is 54.9 Å². The smallest absolute Gasteiger partial charge is 0.256 e. The average molecular weight is 249 g/mol. The second kappa shape index (κ2) is 4.86. The van der Waals surface area contributed by atoms with E-state index in [0.717, 1.165) is 10.8 Å². The molecule has 0 aliphatic rings. The van der Waals surface area contributed by atoms with Crippen LogP contribution in [0.2, 0.25) is 0 Å². The van der Waals surface area contributed by atoms with Gasteiger partial charge in [0, 0.05) is 5.56 Å². The van der Waals surface area contributed by atoms with Crippen molar-refractivity contribution < 1.29 is 4.79 Å². The first-order valence-electron chi connectivity index (χ1n) is 5.89. The summed E-state index contributed by atoms with van der Waals surface area (Å²) < 4.78 is 0. The number of anilines is 1. The quantitative estimate of drug-likeness (QED) is 0.759. The number of rotatable bonds is 2. The van der Waals surface area contributed by atoms with Gasteiger partial charge in [-0.05, 0) is 16.8 Å². The second-order valence-corrected chi connectivity index (χ2v) is 4.11. The summed E-state index contributed by atoms with van der Waals surface area (Å²) in [6.07, 6.45) is 4.56. The van der Waals surface area contributed by atoms with Crippen molar-refractivity contribution in [2.75, 3.05) is 5.32 Å². The SMILES string of the molecule is O=C(Nc1cncnc1)c1cccc2ccccc12. The van der Waals surface area contributed by atoms with Crippen molar-refractivity contribution in [3.05, 3.63) is 66.7 Å². The highest BCUT2D eigenvalue weighted by atomic mass is 16.1. The number of carbonyl (C=O) groups excluding carboxylic acids is 1. The van der Waals surface area contributed by atoms with E-state index in [-0.39, 0.29) is 5.91 Å². The lowest BCUT2D eigenvalue weighted by Gasteiger charge is -2.07. The molecule has 0 atom stereocenters. The molecule has 19 heavy (non-hydrogen) atoms. The molecule has 1 heterocycles. The summed E-state index contributed by atoms with van der Waals surface area (Å²) in [6.45, 7) is 0. The van der Waals surface area contributed by atoms with Gasteiger partial charge in [-0.3, -0.25) is 4.79 Å². The zero-order valence-electron chi connectivity index (χ0n) is 10.1. The van der Waals surface area contributed by atoms with Crippen LogP contribution in [0.15, 0.2) is 61.2 Å². The molecule has 0 radical (unpaired) electrons. The van der Waals surface area contributed by atoms with Crippen molar-refractivity contribution in [3.8, 4) is 0 Å². The Morgan fingerprint density at radius 3 is 2.53 bits per heavy atom. The molecule has 1 aromatic heterocycles. The molecule has 1 N–H and O–H groups in total. The molecule has 0 aliphatic carbocycles. The summed E-state index contributed by atoms with van der Waals surface area (Å²) in [5.74, 6) is -0.161. The molecule has 0 fully saturated rings. The van der Waals surface area contributed by atoms with Crippen molar-refractivity contribution in [1.82, 2.24) is 9.97 Å². The van der Waals surface area contributed by atoms with Crippen LogP contribution >= 0.6 is 0 Å². The van der Waals surface area contributed by atoms with Crippen LogP contribution in [0.1, 0.15) is 10.4 Å². The molecule has 0 unspecified atom stereocenters. The molecule has 0 bridgehead atoms. The van der Waals surface area contributed by atoms with E-state index in [1.807, 2.05) is 42.5 Å². The molecule has 2 aromatic carbocycles. The van der Waals surface area contributed by atoms with Crippen molar-refractivity contribution in [1.29, 1.82) is 0 Å². The third-order valence-electron chi connectivity index (χ3n) is 2.85. The third-order valence-corrected chi connectivity index (χ3v) is 2.85. The van der Waals surface area contributed by atoms with E-state index < -0.39 is 0 Å². The standard InChI is InChI=1S/C15H11N3O/c19-15(18-12-8-16-10-17-9-12)14-7-3-5-11-4-1-2-6-13(11)14/h1-10H,(H,18,19). The molecular formula is C15H11N3O. The second-order valence-electron chi connectivity index (χ2n) is 4.11. The molecule has 1 amide bonds. The summed E-state index contributed by atoms with van der Waals surface area (Å²) in [6, 6.07) is 13.5. The lowest BCUT2D eigenvalue weighted by atomic mass is 10.0. The van der Waals surface area contributed by atoms with Crippen molar-refractivity contribution in [3.63, 3.8) is 0 Å². The number of amides is 1. The van der Waals surface area contributed by atoms with E-state index in [1.165, 1.54) is 6.33 Å². The largest absolute Gasteiger partial charge is 0.319 e.